The molecule has 106 valence electrons. The first-order valence-electron chi connectivity index (χ1n) is 6.79. The second-order valence-corrected chi connectivity index (χ2v) is 6.91. The fourth-order valence-electron chi connectivity index (χ4n) is 2.12. The Bertz CT molecular complexity index is 564. The molecule has 2 aromatic carbocycles. The molecule has 0 radical (unpaired) electrons. The second kappa shape index (κ2) is 7.67. The standard InChI is InChI=1S/C17H17Cl2I/c1-2-3-4-12-5-7-13(8-6-12)17(19)15-11-14(18)9-10-16(15)20/h5-11,17H,2-4H2,1H3. The van der Waals surface area contributed by atoms with Gasteiger partial charge in [-0.1, -0.05) is 49.2 Å². The van der Waals surface area contributed by atoms with Gasteiger partial charge in [0.1, 0.15) is 0 Å². The van der Waals surface area contributed by atoms with Crippen molar-refractivity contribution in [2.24, 2.45) is 0 Å². The van der Waals surface area contributed by atoms with E-state index in [1.165, 1.54) is 18.4 Å². The molecule has 0 N–H and O–H groups in total. The summed E-state index contributed by atoms with van der Waals surface area (Å²) in [5.74, 6) is 0. The molecule has 0 amide bonds. The normalized spacial score (nSPS) is 12.4. The van der Waals surface area contributed by atoms with E-state index in [2.05, 4.69) is 53.8 Å². The van der Waals surface area contributed by atoms with Crippen LogP contribution in [0.25, 0.3) is 0 Å². The van der Waals surface area contributed by atoms with Gasteiger partial charge in [0.25, 0.3) is 0 Å². The van der Waals surface area contributed by atoms with Gasteiger partial charge >= 0.3 is 0 Å². The van der Waals surface area contributed by atoms with Crippen molar-refractivity contribution >= 4 is 45.8 Å². The topological polar surface area (TPSA) is 0 Å². The lowest BCUT2D eigenvalue weighted by Gasteiger charge is -2.13. The van der Waals surface area contributed by atoms with Crippen LogP contribution in [0, 0.1) is 3.57 Å². The number of unbranched alkanes of at least 4 members (excludes halogenated alkanes) is 1. The summed E-state index contributed by atoms with van der Waals surface area (Å²) in [6.45, 7) is 2.21. The summed E-state index contributed by atoms with van der Waals surface area (Å²) in [5.41, 5.74) is 3.56. The number of benzene rings is 2. The number of hydrogen-bond acceptors (Lipinski definition) is 0. The first-order valence-corrected chi connectivity index (χ1v) is 8.69. The summed E-state index contributed by atoms with van der Waals surface area (Å²) < 4.78 is 1.14. The van der Waals surface area contributed by atoms with Crippen LogP contribution in [0.2, 0.25) is 5.02 Å². The minimum Gasteiger partial charge on any atom is -0.113 e. The van der Waals surface area contributed by atoms with E-state index in [9.17, 15) is 0 Å². The fourth-order valence-corrected chi connectivity index (χ4v) is 3.46. The van der Waals surface area contributed by atoms with Crippen LogP contribution >= 0.6 is 45.8 Å². The van der Waals surface area contributed by atoms with Crippen LogP contribution in [0.4, 0.5) is 0 Å². The summed E-state index contributed by atoms with van der Waals surface area (Å²) in [4.78, 5) is 0. The molecular formula is C17H17Cl2I. The summed E-state index contributed by atoms with van der Waals surface area (Å²) in [5, 5.41) is 0.575. The van der Waals surface area contributed by atoms with Gasteiger partial charge in [-0.25, -0.2) is 0 Å². The number of alkyl halides is 1. The molecule has 0 nitrogen and oxygen atoms in total. The predicted octanol–water partition coefficient (Wildman–Crippen LogP) is 6.62. The molecule has 0 aromatic heterocycles. The van der Waals surface area contributed by atoms with Gasteiger partial charge in [-0.3, -0.25) is 0 Å². The third-order valence-electron chi connectivity index (χ3n) is 3.32. The summed E-state index contributed by atoms with van der Waals surface area (Å²) in [6, 6.07) is 14.5. The van der Waals surface area contributed by atoms with Gasteiger partial charge in [-0.05, 0) is 70.3 Å². The summed E-state index contributed by atoms with van der Waals surface area (Å²) >= 11 is 15.0. The molecule has 0 heterocycles. The van der Waals surface area contributed by atoms with Crippen LogP contribution in [0.3, 0.4) is 0 Å². The van der Waals surface area contributed by atoms with Crippen LogP contribution in [0.5, 0.6) is 0 Å². The highest BCUT2D eigenvalue weighted by Gasteiger charge is 2.14. The molecule has 0 fully saturated rings. The molecule has 0 saturated heterocycles. The van der Waals surface area contributed by atoms with Crippen LogP contribution in [0.1, 0.15) is 41.8 Å². The van der Waals surface area contributed by atoms with Gasteiger partial charge in [-0.2, -0.15) is 0 Å². The third kappa shape index (κ3) is 4.12. The molecule has 3 heteroatoms. The average molecular weight is 419 g/mol. The smallest absolute Gasteiger partial charge is 0.0846 e. The van der Waals surface area contributed by atoms with E-state index in [0.29, 0.717) is 0 Å². The Hall–Kier alpha value is -0.250. The molecule has 1 unspecified atom stereocenters. The Morgan fingerprint density at radius 3 is 2.45 bits per heavy atom. The third-order valence-corrected chi connectivity index (χ3v) is 5.03. The molecule has 1 atom stereocenters. The van der Waals surface area contributed by atoms with E-state index in [-0.39, 0.29) is 5.38 Å². The van der Waals surface area contributed by atoms with Crippen LogP contribution in [0.15, 0.2) is 42.5 Å². The van der Waals surface area contributed by atoms with Crippen LogP contribution in [-0.2, 0) is 6.42 Å². The van der Waals surface area contributed by atoms with Crippen LogP contribution < -0.4 is 0 Å². The molecule has 0 aliphatic carbocycles. The molecule has 0 aliphatic heterocycles. The zero-order chi connectivity index (χ0) is 14.5. The van der Waals surface area contributed by atoms with Crippen molar-refractivity contribution in [1.29, 1.82) is 0 Å². The second-order valence-electron chi connectivity index (χ2n) is 4.87. The molecule has 2 rings (SSSR count). The van der Waals surface area contributed by atoms with Crippen molar-refractivity contribution in [3.8, 4) is 0 Å². The Kier molecular flexibility index (Phi) is 6.19. The van der Waals surface area contributed by atoms with Crippen molar-refractivity contribution < 1.29 is 0 Å². The number of hydrogen-bond donors (Lipinski definition) is 0. The monoisotopic (exact) mass is 418 g/mol. The predicted molar refractivity (Wildman–Crippen MR) is 96.9 cm³/mol. The van der Waals surface area contributed by atoms with Crippen molar-refractivity contribution in [3.63, 3.8) is 0 Å². The largest absolute Gasteiger partial charge is 0.113 e. The van der Waals surface area contributed by atoms with Gasteiger partial charge in [0.05, 0.1) is 5.38 Å². The zero-order valence-corrected chi connectivity index (χ0v) is 15.0. The highest BCUT2D eigenvalue weighted by molar-refractivity contribution is 14.1. The lowest BCUT2D eigenvalue weighted by Crippen LogP contribution is -1.97. The fraction of sp³-hybridized carbons (Fsp3) is 0.294. The zero-order valence-electron chi connectivity index (χ0n) is 11.4. The molecule has 20 heavy (non-hydrogen) atoms. The van der Waals surface area contributed by atoms with Crippen LogP contribution in [-0.4, -0.2) is 0 Å². The molecule has 2 aromatic rings. The maximum atomic E-state index is 6.60. The molecule has 0 saturated carbocycles. The van der Waals surface area contributed by atoms with Crippen molar-refractivity contribution in [2.45, 2.75) is 31.6 Å². The van der Waals surface area contributed by atoms with E-state index >= 15 is 0 Å². The average Bonchev–Trinajstić information content (AvgIpc) is 2.47. The van der Waals surface area contributed by atoms with E-state index in [4.69, 9.17) is 23.2 Å². The maximum absolute atomic E-state index is 6.60. The van der Waals surface area contributed by atoms with Crippen molar-refractivity contribution in [2.75, 3.05) is 0 Å². The Morgan fingerprint density at radius 1 is 1.10 bits per heavy atom. The number of aryl methyl sites for hydroxylation is 1. The van der Waals surface area contributed by atoms with Gasteiger partial charge < -0.3 is 0 Å². The van der Waals surface area contributed by atoms with Crippen molar-refractivity contribution in [1.82, 2.24) is 0 Å². The highest BCUT2D eigenvalue weighted by Crippen LogP contribution is 2.33. The Labute approximate surface area is 144 Å². The van der Waals surface area contributed by atoms with Gasteiger partial charge in [-0.15, -0.1) is 11.6 Å². The van der Waals surface area contributed by atoms with Gasteiger partial charge in [0, 0.05) is 8.59 Å². The summed E-state index contributed by atoms with van der Waals surface area (Å²) in [6.07, 6.45) is 3.59. The van der Waals surface area contributed by atoms with E-state index in [1.54, 1.807) is 0 Å². The number of rotatable bonds is 5. The minimum atomic E-state index is -0.152. The Morgan fingerprint density at radius 2 is 1.80 bits per heavy atom. The lowest BCUT2D eigenvalue weighted by molar-refractivity contribution is 0.794. The van der Waals surface area contributed by atoms with Gasteiger partial charge in [0.15, 0.2) is 0 Å². The molecule has 0 bridgehead atoms. The van der Waals surface area contributed by atoms with E-state index < -0.39 is 0 Å². The molecule has 0 aliphatic rings. The molecule has 0 spiro atoms. The van der Waals surface area contributed by atoms with E-state index in [0.717, 1.165) is 26.1 Å². The SMILES string of the molecule is CCCCc1ccc(C(Cl)c2cc(Cl)ccc2I)cc1. The lowest BCUT2D eigenvalue weighted by atomic mass is 10.0. The molecular weight excluding hydrogens is 402 g/mol. The first kappa shape index (κ1) is 16.1. The Balaban J connectivity index is 2.20. The van der Waals surface area contributed by atoms with E-state index in [1.807, 2.05) is 18.2 Å². The minimum absolute atomic E-state index is 0.152. The highest BCUT2D eigenvalue weighted by atomic mass is 127. The quantitative estimate of drug-likeness (QED) is 0.378. The van der Waals surface area contributed by atoms with Gasteiger partial charge in [0.2, 0.25) is 0 Å². The maximum Gasteiger partial charge on any atom is 0.0846 e. The first-order chi connectivity index (χ1) is 9.61. The van der Waals surface area contributed by atoms with Crippen molar-refractivity contribution in [3.05, 3.63) is 67.7 Å². The number of halogens is 3. The summed E-state index contributed by atoms with van der Waals surface area (Å²) in [7, 11) is 0.